The summed E-state index contributed by atoms with van der Waals surface area (Å²) in [5.74, 6) is -1.50. The summed E-state index contributed by atoms with van der Waals surface area (Å²) >= 11 is 0. The number of ether oxygens (including phenoxy) is 1. The van der Waals surface area contributed by atoms with E-state index in [0.29, 0.717) is 4.90 Å². The summed E-state index contributed by atoms with van der Waals surface area (Å²) in [5, 5.41) is 8.58. The maximum absolute atomic E-state index is 12.3. The molecule has 0 fully saturated rings. The van der Waals surface area contributed by atoms with Crippen LogP contribution >= 0.6 is 0 Å². The summed E-state index contributed by atoms with van der Waals surface area (Å²) in [6, 6.07) is 1.13. The van der Waals surface area contributed by atoms with Crippen LogP contribution in [0.1, 0.15) is 0 Å². The predicted octanol–water partition coefficient (Wildman–Crippen LogP) is 0.938. The third-order valence-electron chi connectivity index (χ3n) is 1.86. The lowest BCUT2D eigenvalue weighted by atomic mass is 10.4. The molecule has 1 heterocycles. The fourth-order valence-corrected chi connectivity index (χ4v) is 1.21. The van der Waals surface area contributed by atoms with Gasteiger partial charge in [0.15, 0.2) is 0 Å². The molecule has 18 heavy (non-hydrogen) atoms. The van der Waals surface area contributed by atoms with Gasteiger partial charge in [0.2, 0.25) is 5.88 Å². The first-order valence-electron chi connectivity index (χ1n) is 4.71. The minimum absolute atomic E-state index is 0.0533. The second kappa shape index (κ2) is 5.52. The lowest BCUT2D eigenvalue weighted by Crippen LogP contribution is -2.38. The second-order valence-electron chi connectivity index (χ2n) is 3.28. The van der Waals surface area contributed by atoms with Gasteiger partial charge in [-0.1, -0.05) is 0 Å². The quantitative estimate of drug-likeness (QED) is 0.853. The summed E-state index contributed by atoms with van der Waals surface area (Å²) in [6.45, 7) is -2.24. The zero-order valence-corrected chi connectivity index (χ0v) is 9.31. The lowest BCUT2D eigenvalue weighted by molar-refractivity contribution is -0.136. The number of halogens is 3. The van der Waals surface area contributed by atoms with Crippen molar-refractivity contribution in [3.63, 3.8) is 0 Å². The molecule has 9 heteroatoms. The Bertz CT molecular complexity index is 425. The number of rotatable bonds is 5. The van der Waals surface area contributed by atoms with Crippen molar-refractivity contribution in [2.24, 2.45) is 0 Å². The number of anilines is 1. The summed E-state index contributed by atoms with van der Waals surface area (Å²) in [7, 11) is 1.29. The molecule has 0 spiro atoms. The van der Waals surface area contributed by atoms with Gasteiger partial charge in [-0.3, -0.25) is 4.79 Å². The molecule has 1 aromatic rings. The number of methoxy groups -OCH3 is 1. The van der Waals surface area contributed by atoms with E-state index >= 15 is 0 Å². The van der Waals surface area contributed by atoms with Crippen LogP contribution in [0.15, 0.2) is 12.4 Å². The third kappa shape index (κ3) is 4.44. The van der Waals surface area contributed by atoms with Gasteiger partial charge in [-0.15, -0.1) is 0 Å². The van der Waals surface area contributed by atoms with Crippen LogP contribution in [-0.4, -0.2) is 47.4 Å². The normalized spacial score (nSPS) is 11.1. The fraction of sp³-hybridized carbons (Fsp3) is 0.444. The van der Waals surface area contributed by atoms with Crippen molar-refractivity contribution in [2.45, 2.75) is 6.18 Å². The van der Waals surface area contributed by atoms with E-state index in [0.717, 1.165) is 12.4 Å². The van der Waals surface area contributed by atoms with Crippen LogP contribution in [0.2, 0.25) is 0 Å². The van der Waals surface area contributed by atoms with Gasteiger partial charge in [-0.2, -0.15) is 13.2 Å². The highest BCUT2D eigenvalue weighted by Gasteiger charge is 2.32. The number of nitrogens with zero attached hydrogens (tertiary/aromatic N) is 3. The number of alkyl halides is 3. The van der Waals surface area contributed by atoms with Crippen molar-refractivity contribution in [1.82, 2.24) is 9.97 Å². The molecule has 1 rings (SSSR count). The first-order chi connectivity index (χ1) is 8.31. The van der Waals surface area contributed by atoms with E-state index in [-0.39, 0.29) is 11.7 Å². The van der Waals surface area contributed by atoms with E-state index in [1.54, 1.807) is 0 Å². The summed E-state index contributed by atoms with van der Waals surface area (Å²) in [4.78, 5) is 18.3. The maximum atomic E-state index is 12.3. The first-order valence-corrected chi connectivity index (χ1v) is 4.71. The van der Waals surface area contributed by atoms with E-state index < -0.39 is 25.2 Å². The molecule has 0 bridgehead atoms. The topological polar surface area (TPSA) is 75.5 Å². The molecule has 1 aromatic heterocycles. The van der Waals surface area contributed by atoms with Crippen molar-refractivity contribution < 1.29 is 27.8 Å². The van der Waals surface area contributed by atoms with E-state index in [2.05, 4.69) is 9.97 Å². The summed E-state index contributed by atoms with van der Waals surface area (Å²) in [5.41, 5.74) is 0. The number of hydrogen-bond acceptors (Lipinski definition) is 5. The summed E-state index contributed by atoms with van der Waals surface area (Å²) in [6.07, 6.45) is -3.53. The van der Waals surface area contributed by atoms with Crippen molar-refractivity contribution in [3.8, 4) is 5.88 Å². The van der Waals surface area contributed by atoms with Gasteiger partial charge in [0.05, 0.1) is 7.11 Å². The van der Waals surface area contributed by atoms with Crippen molar-refractivity contribution >= 4 is 11.8 Å². The smallest absolute Gasteiger partial charge is 0.405 e. The van der Waals surface area contributed by atoms with Crippen LogP contribution in [0, 0.1) is 0 Å². The Balaban J connectivity index is 2.96. The van der Waals surface area contributed by atoms with Gasteiger partial charge in [0.25, 0.3) is 0 Å². The van der Waals surface area contributed by atoms with E-state index in [4.69, 9.17) is 9.84 Å². The molecule has 1 N–H and O–H groups in total. The van der Waals surface area contributed by atoms with Crippen molar-refractivity contribution in [3.05, 3.63) is 12.4 Å². The van der Waals surface area contributed by atoms with Gasteiger partial charge in [-0.25, -0.2) is 9.97 Å². The molecule has 0 aliphatic heterocycles. The number of aliphatic carboxylic acids is 1. The molecule has 0 aliphatic rings. The molecule has 0 unspecified atom stereocenters. The third-order valence-corrected chi connectivity index (χ3v) is 1.86. The molecule has 0 saturated heterocycles. The SMILES string of the molecule is COc1cc(N(CC(=O)O)CC(F)(F)F)ncn1. The van der Waals surface area contributed by atoms with Crippen molar-refractivity contribution in [2.75, 3.05) is 25.1 Å². The highest BCUT2D eigenvalue weighted by Crippen LogP contribution is 2.22. The first kappa shape index (κ1) is 14.0. The molecule has 0 saturated carbocycles. The van der Waals surface area contributed by atoms with E-state index in [1.807, 2.05) is 0 Å². The minimum Gasteiger partial charge on any atom is -0.481 e. The molecule has 0 aliphatic carbocycles. The van der Waals surface area contributed by atoms with Gasteiger partial charge < -0.3 is 14.7 Å². The minimum atomic E-state index is -4.53. The number of carboxylic acid groups (broad SMARTS) is 1. The van der Waals surface area contributed by atoms with Crippen LogP contribution in [0.4, 0.5) is 19.0 Å². The summed E-state index contributed by atoms with van der Waals surface area (Å²) < 4.78 is 41.7. The molecule has 0 atom stereocenters. The molecule has 0 radical (unpaired) electrons. The zero-order chi connectivity index (χ0) is 13.8. The molecule has 100 valence electrons. The molecular formula is C9H10F3N3O3. The Morgan fingerprint density at radius 2 is 2.17 bits per heavy atom. The largest absolute Gasteiger partial charge is 0.481 e. The molecule has 6 nitrogen and oxygen atoms in total. The van der Waals surface area contributed by atoms with E-state index in [9.17, 15) is 18.0 Å². The van der Waals surface area contributed by atoms with Crippen molar-refractivity contribution in [1.29, 1.82) is 0 Å². The predicted molar refractivity (Wildman–Crippen MR) is 54.5 cm³/mol. The molecule has 0 amide bonds. The van der Waals surface area contributed by atoms with Gasteiger partial charge in [0, 0.05) is 6.07 Å². The average Bonchev–Trinajstić information content (AvgIpc) is 2.26. The highest BCUT2D eigenvalue weighted by molar-refractivity contribution is 5.73. The Morgan fingerprint density at radius 1 is 1.50 bits per heavy atom. The van der Waals surface area contributed by atoms with Crippen LogP contribution in [-0.2, 0) is 4.79 Å². The average molecular weight is 265 g/mol. The lowest BCUT2D eigenvalue weighted by Gasteiger charge is -2.22. The monoisotopic (exact) mass is 265 g/mol. The van der Waals surface area contributed by atoms with Gasteiger partial charge in [0.1, 0.15) is 25.2 Å². The fourth-order valence-electron chi connectivity index (χ4n) is 1.21. The Hall–Kier alpha value is -2.06. The van der Waals surface area contributed by atoms with Gasteiger partial charge in [-0.05, 0) is 0 Å². The van der Waals surface area contributed by atoms with E-state index in [1.165, 1.54) is 7.11 Å². The maximum Gasteiger partial charge on any atom is 0.405 e. The van der Waals surface area contributed by atoms with Crippen LogP contribution < -0.4 is 9.64 Å². The highest BCUT2D eigenvalue weighted by atomic mass is 19.4. The molecule has 0 aromatic carbocycles. The molecular weight excluding hydrogens is 255 g/mol. The van der Waals surface area contributed by atoms with Gasteiger partial charge >= 0.3 is 12.1 Å². The Morgan fingerprint density at radius 3 is 2.67 bits per heavy atom. The zero-order valence-electron chi connectivity index (χ0n) is 9.31. The Labute approximate surface area is 100 Å². The van der Waals surface area contributed by atoms with Crippen LogP contribution in [0.5, 0.6) is 5.88 Å². The standard InChI is InChI=1S/C9H10F3N3O3/c1-18-7-2-6(13-5-14-7)15(3-8(16)17)4-9(10,11)12/h2,5H,3-4H2,1H3,(H,16,17). The number of carbonyl (C=O) groups is 1. The number of hydrogen-bond donors (Lipinski definition) is 1. The second-order valence-corrected chi connectivity index (χ2v) is 3.28. The number of carboxylic acids is 1. The van der Waals surface area contributed by atoms with Crippen LogP contribution in [0.25, 0.3) is 0 Å². The Kier molecular flexibility index (Phi) is 4.29. The number of aromatic nitrogens is 2. The van der Waals surface area contributed by atoms with Crippen LogP contribution in [0.3, 0.4) is 0 Å².